The second-order valence-corrected chi connectivity index (χ2v) is 23.8. The van der Waals surface area contributed by atoms with E-state index >= 15 is 0 Å². The number of hydrogen-bond acceptors (Lipinski definition) is 0. The molecule has 0 nitrogen and oxygen atoms in total. The number of rotatable bonds is 6. The van der Waals surface area contributed by atoms with Crippen LogP contribution in [0.2, 0.25) is 0 Å². The third kappa shape index (κ3) is 6.87. The van der Waals surface area contributed by atoms with Gasteiger partial charge in [-0.15, -0.1) is 0 Å². The van der Waals surface area contributed by atoms with Gasteiger partial charge in [-0.05, 0) is 124 Å². The van der Waals surface area contributed by atoms with Gasteiger partial charge in [0.05, 0.1) is 0 Å². The van der Waals surface area contributed by atoms with Crippen LogP contribution in [0.4, 0.5) is 0 Å². The molecule has 0 N–H and O–H groups in total. The van der Waals surface area contributed by atoms with Crippen LogP contribution in [0.15, 0.2) is 134 Å². The maximum atomic E-state index is 2.59. The van der Waals surface area contributed by atoms with Gasteiger partial charge in [-0.25, -0.2) is 0 Å². The summed E-state index contributed by atoms with van der Waals surface area (Å²) in [5, 5.41) is 0. The van der Waals surface area contributed by atoms with Gasteiger partial charge >= 0.3 is 0 Å². The molecule has 0 amide bonds. The highest BCUT2D eigenvalue weighted by Gasteiger charge is 2.44. The monoisotopic (exact) mass is 815 g/mol. The van der Waals surface area contributed by atoms with Gasteiger partial charge in [-0.3, -0.25) is 0 Å². The van der Waals surface area contributed by atoms with Gasteiger partial charge in [0.25, 0.3) is 0 Å². The second kappa shape index (κ2) is 14.3. The highest BCUT2D eigenvalue weighted by Crippen LogP contribution is 2.54. The normalized spacial score (nSPS) is 17.9. The Morgan fingerprint density at radius 3 is 0.919 bits per heavy atom. The summed E-state index contributed by atoms with van der Waals surface area (Å²) in [6, 6.07) is 34.8. The second-order valence-electron chi connectivity index (χ2n) is 23.8. The Hall–Kier alpha value is -4.94. The van der Waals surface area contributed by atoms with E-state index in [1.807, 2.05) is 0 Å². The Labute approximate surface area is 375 Å². The van der Waals surface area contributed by atoms with E-state index in [0.717, 1.165) is 12.8 Å². The summed E-state index contributed by atoms with van der Waals surface area (Å²) in [6.45, 7) is 33.3. The van der Waals surface area contributed by atoms with Crippen LogP contribution in [0, 0.1) is 11.8 Å². The smallest absolute Gasteiger partial charge is 0.0275 e. The summed E-state index contributed by atoms with van der Waals surface area (Å²) in [4.78, 5) is 0. The highest BCUT2D eigenvalue weighted by atomic mass is 14.5. The Morgan fingerprint density at radius 2 is 0.613 bits per heavy atom. The maximum absolute atomic E-state index is 2.59. The lowest BCUT2D eigenvalue weighted by Gasteiger charge is -2.40. The Bertz CT molecular complexity index is 2510. The molecule has 0 heterocycles. The van der Waals surface area contributed by atoms with Gasteiger partial charge in [0, 0.05) is 22.7 Å². The fourth-order valence-corrected chi connectivity index (χ4v) is 11.1. The molecule has 0 spiro atoms. The van der Waals surface area contributed by atoms with Crippen LogP contribution >= 0.6 is 0 Å². The lowest BCUT2D eigenvalue weighted by atomic mass is 9.62. The molecule has 5 aromatic carbocycles. The minimum Gasteiger partial charge on any atom is -0.0764 e. The molecule has 0 saturated carbocycles. The molecule has 0 heteroatoms. The summed E-state index contributed by atoms with van der Waals surface area (Å²) >= 11 is 0. The zero-order valence-electron chi connectivity index (χ0n) is 40.3. The minimum absolute atomic E-state index is 0.000245. The van der Waals surface area contributed by atoms with Crippen molar-refractivity contribution in [2.24, 2.45) is 11.8 Å². The summed E-state index contributed by atoms with van der Waals surface area (Å²) in [7, 11) is 0. The van der Waals surface area contributed by atoms with Gasteiger partial charge in [-0.1, -0.05) is 230 Å². The number of benzene rings is 5. The van der Waals surface area contributed by atoms with Gasteiger partial charge < -0.3 is 0 Å². The molecule has 0 radical (unpaired) electrons. The quantitative estimate of drug-likeness (QED) is 0.157. The van der Waals surface area contributed by atoms with E-state index in [2.05, 4.69) is 230 Å². The van der Waals surface area contributed by atoms with Crippen LogP contribution in [0.5, 0.6) is 0 Å². The zero-order chi connectivity index (χ0) is 44.4. The predicted molar refractivity (Wildman–Crippen MR) is 267 cm³/mol. The number of fused-ring (bicyclic) bond motifs is 6. The molecule has 318 valence electrons. The minimum atomic E-state index is -0.286. The molecule has 2 unspecified atom stereocenters. The van der Waals surface area contributed by atoms with E-state index in [9.17, 15) is 0 Å². The molecule has 5 aromatic rings. The molecule has 9 rings (SSSR count). The van der Waals surface area contributed by atoms with Crippen molar-refractivity contribution in [3.8, 4) is 22.3 Å². The molecule has 62 heavy (non-hydrogen) atoms. The molecule has 2 atom stereocenters. The molecule has 0 aromatic heterocycles. The van der Waals surface area contributed by atoms with Gasteiger partial charge in [-0.2, -0.15) is 0 Å². The van der Waals surface area contributed by atoms with E-state index in [-0.39, 0.29) is 44.3 Å². The first-order valence-corrected chi connectivity index (χ1v) is 23.4. The molecule has 0 bridgehead atoms. The molecule has 0 fully saturated rings. The van der Waals surface area contributed by atoms with E-state index in [4.69, 9.17) is 0 Å². The largest absolute Gasteiger partial charge is 0.0764 e. The first-order valence-electron chi connectivity index (χ1n) is 23.4. The molecular weight excluding hydrogens is 745 g/mol. The Morgan fingerprint density at radius 1 is 0.323 bits per heavy atom. The lowest BCUT2D eigenvalue weighted by Crippen LogP contribution is -2.34. The van der Waals surface area contributed by atoms with Crippen molar-refractivity contribution in [3.63, 3.8) is 0 Å². The van der Waals surface area contributed by atoms with E-state index in [1.165, 1.54) is 89.0 Å². The van der Waals surface area contributed by atoms with Crippen LogP contribution in [0.1, 0.15) is 164 Å². The van der Waals surface area contributed by atoms with Crippen molar-refractivity contribution in [3.05, 3.63) is 200 Å². The third-order valence-electron chi connectivity index (χ3n) is 15.5. The van der Waals surface area contributed by atoms with E-state index < -0.39 is 0 Å². The van der Waals surface area contributed by atoms with Crippen molar-refractivity contribution in [1.29, 1.82) is 0 Å². The van der Waals surface area contributed by atoms with Crippen molar-refractivity contribution in [2.45, 2.75) is 142 Å². The summed E-state index contributed by atoms with van der Waals surface area (Å²) in [5.74, 6) is 0.466. The van der Waals surface area contributed by atoms with Crippen molar-refractivity contribution < 1.29 is 0 Å². The first kappa shape index (κ1) is 42.4. The average Bonchev–Trinajstić information content (AvgIpc) is 4.05. The Kier molecular flexibility index (Phi) is 9.76. The standard InChI is InChI=1S/C62H70/c1-57(2,3)45-25-23-39-31-53-51(49(39)33-45)35-47(59(7,8)9)37-55(53)61(13,41-19-15-16-20-41)43-27-29-44(30-28-43)62(14,42-21-17-18-22-42)56-38-48(60(10,11)12)36-52-50-34-46(58(4,5)6)26-24-40(50)32-54(52)56/h15-30,33-38,41-42H,31-32H2,1-14H3. The number of hydrogen-bond donors (Lipinski definition) is 0. The van der Waals surface area contributed by atoms with Gasteiger partial charge in [0.2, 0.25) is 0 Å². The molecule has 4 aliphatic rings. The highest BCUT2D eigenvalue weighted by molar-refractivity contribution is 5.82. The van der Waals surface area contributed by atoms with Crippen molar-refractivity contribution >= 4 is 0 Å². The van der Waals surface area contributed by atoms with E-state index in [0.29, 0.717) is 0 Å². The summed E-state index contributed by atoms with van der Waals surface area (Å²) in [5.41, 5.74) is 22.5. The third-order valence-corrected chi connectivity index (χ3v) is 15.5. The molecule has 0 aliphatic heterocycles. The summed E-state index contributed by atoms with van der Waals surface area (Å²) < 4.78 is 0. The maximum Gasteiger partial charge on any atom is 0.0275 e. The lowest BCUT2D eigenvalue weighted by molar-refractivity contribution is 0.473. The molecule has 0 saturated heterocycles. The van der Waals surface area contributed by atoms with Crippen molar-refractivity contribution in [2.75, 3.05) is 0 Å². The van der Waals surface area contributed by atoms with Gasteiger partial charge in [0.1, 0.15) is 0 Å². The zero-order valence-corrected chi connectivity index (χ0v) is 40.3. The van der Waals surface area contributed by atoms with Crippen LogP contribution in [0.25, 0.3) is 22.3 Å². The summed E-state index contributed by atoms with van der Waals surface area (Å²) in [6.07, 6.45) is 20.7. The van der Waals surface area contributed by atoms with Crippen molar-refractivity contribution in [1.82, 2.24) is 0 Å². The van der Waals surface area contributed by atoms with Crippen LogP contribution < -0.4 is 0 Å². The van der Waals surface area contributed by atoms with Gasteiger partial charge in [0.15, 0.2) is 0 Å². The Balaban J connectivity index is 1.23. The number of allylic oxidation sites excluding steroid dienone is 8. The fraction of sp³-hybridized carbons (Fsp3) is 0.387. The van der Waals surface area contributed by atoms with Crippen LogP contribution in [-0.4, -0.2) is 0 Å². The SMILES string of the molecule is CC(C)(C)c1ccc2c(c1)-c1cc(C(C)(C)C)cc(C(C)(c3ccc(C(C)(c4cc(C(C)(C)C)cc5c4Cc4ccc(C(C)(C)C)cc4-5)C4C=CC=C4)cc3)C3C=CC=C3)c1C2. The van der Waals surface area contributed by atoms with E-state index in [1.54, 1.807) is 0 Å². The van der Waals surface area contributed by atoms with Crippen LogP contribution in [-0.2, 0) is 45.3 Å². The fourth-order valence-electron chi connectivity index (χ4n) is 11.1. The van der Waals surface area contributed by atoms with Crippen LogP contribution in [0.3, 0.4) is 0 Å². The molecular formula is C62H70. The molecule has 4 aliphatic carbocycles. The predicted octanol–water partition coefficient (Wildman–Crippen LogP) is 16.1. The average molecular weight is 815 g/mol. The first-order chi connectivity index (χ1) is 29.0. The topological polar surface area (TPSA) is 0 Å².